The first kappa shape index (κ1) is 11.6. The Kier molecular flexibility index (Phi) is 3.43. The number of fused-ring (bicyclic) bond motifs is 1. The number of carbonyl (C=O) groups excluding carboxylic acids is 1. The summed E-state index contributed by atoms with van der Waals surface area (Å²) in [7, 11) is 0. The first-order valence-electron chi connectivity index (χ1n) is 5.89. The van der Waals surface area contributed by atoms with Gasteiger partial charge in [-0.2, -0.15) is 0 Å². The van der Waals surface area contributed by atoms with Crippen LogP contribution in [-0.2, 0) is 0 Å². The second-order valence-corrected chi connectivity index (χ2v) is 4.15. The number of carbonyl (C=O) groups is 1. The number of aldehydes is 1. The van der Waals surface area contributed by atoms with Gasteiger partial charge in [0.25, 0.3) is 0 Å². The van der Waals surface area contributed by atoms with Crippen LogP contribution in [0.2, 0.25) is 0 Å². The van der Waals surface area contributed by atoms with E-state index in [9.17, 15) is 4.79 Å². The molecule has 0 aliphatic rings. The third-order valence-electron chi connectivity index (χ3n) is 2.95. The number of hydrogen-bond donors (Lipinski definition) is 0. The highest BCUT2D eigenvalue weighted by molar-refractivity contribution is 6.00. The van der Waals surface area contributed by atoms with E-state index in [0.717, 1.165) is 23.5 Å². The van der Waals surface area contributed by atoms with Crippen molar-refractivity contribution in [1.29, 1.82) is 0 Å². The fraction of sp³-hybridized carbons (Fsp3) is 0.267. The van der Waals surface area contributed by atoms with Crippen LogP contribution in [0.5, 0.6) is 5.75 Å². The number of ether oxygens (including phenoxy) is 1. The van der Waals surface area contributed by atoms with Gasteiger partial charge >= 0.3 is 0 Å². The highest BCUT2D eigenvalue weighted by Gasteiger charge is 2.09. The van der Waals surface area contributed by atoms with Crippen molar-refractivity contribution in [3.63, 3.8) is 0 Å². The average molecular weight is 228 g/mol. The predicted molar refractivity (Wildman–Crippen MR) is 69.7 cm³/mol. The Morgan fingerprint density at radius 2 is 2.00 bits per heavy atom. The molecule has 0 spiro atoms. The normalized spacial score (nSPS) is 12.4. The monoisotopic (exact) mass is 228 g/mol. The topological polar surface area (TPSA) is 26.3 Å². The molecular formula is C15H16O2. The summed E-state index contributed by atoms with van der Waals surface area (Å²) in [5.41, 5.74) is 0.642. The summed E-state index contributed by atoms with van der Waals surface area (Å²) < 4.78 is 5.76. The fourth-order valence-corrected chi connectivity index (χ4v) is 1.80. The van der Waals surface area contributed by atoms with Crippen LogP contribution in [0.1, 0.15) is 30.6 Å². The Morgan fingerprint density at radius 3 is 2.71 bits per heavy atom. The van der Waals surface area contributed by atoms with Crippen molar-refractivity contribution in [2.75, 3.05) is 0 Å². The van der Waals surface area contributed by atoms with E-state index in [1.807, 2.05) is 43.3 Å². The summed E-state index contributed by atoms with van der Waals surface area (Å²) in [5, 5.41) is 2.01. The van der Waals surface area contributed by atoms with E-state index in [2.05, 4.69) is 6.92 Å². The molecule has 0 N–H and O–H groups in total. The minimum Gasteiger partial charge on any atom is -0.490 e. The summed E-state index contributed by atoms with van der Waals surface area (Å²) in [6.07, 6.45) is 1.92. The van der Waals surface area contributed by atoms with Crippen molar-refractivity contribution in [3.8, 4) is 5.75 Å². The molecule has 2 rings (SSSR count). The predicted octanol–water partition coefficient (Wildman–Crippen LogP) is 3.83. The van der Waals surface area contributed by atoms with Crippen molar-refractivity contribution in [3.05, 3.63) is 42.0 Å². The summed E-state index contributed by atoms with van der Waals surface area (Å²) >= 11 is 0. The number of rotatable bonds is 4. The van der Waals surface area contributed by atoms with Crippen LogP contribution >= 0.6 is 0 Å². The van der Waals surface area contributed by atoms with E-state index in [1.165, 1.54) is 0 Å². The molecule has 1 atom stereocenters. The molecule has 2 aromatic rings. The maximum atomic E-state index is 11.2. The van der Waals surface area contributed by atoms with Crippen molar-refractivity contribution < 1.29 is 9.53 Å². The van der Waals surface area contributed by atoms with Crippen LogP contribution in [0.15, 0.2) is 36.4 Å². The van der Waals surface area contributed by atoms with E-state index < -0.39 is 0 Å². The van der Waals surface area contributed by atoms with Gasteiger partial charge in [0.15, 0.2) is 6.29 Å². The molecule has 17 heavy (non-hydrogen) atoms. The van der Waals surface area contributed by atoms with Crippen LogP contribution in [0.4, 0.5) is 0 Å². The third kappa shape index (κ3) is 2.31. The highest BCUT2D eigenvalue weighted by atomic mass is 16.5. The molecular weight excluding hydrogens is 212 g/mol. The van der Waals surface area contributed by atoms with E-state index in [0.29, 0.717) is 11.3 Å². The zero-order valence-electron chi connectivity index (χ0n) is 10.1. The van der Waals surface area contributed by atoms with Crippen LogP contribution in [0, 0.1) is 0 Å². The zero-order valence-corrected chi connectivity index (χ0v) is 10.1. The molecule has 0 aliphatic heterocycles. The first-order valence-corrected chi connectivity index (χ1v) is 5.89. The van der Waals surface area contributed by atoms with Crippen molar-refractivity contribution in [2.45, 2.75) is 26.4 Å². The highest BCUT2D eigenvalue weighted by Crippen LogP contribution is 2.27. The summed E-state index contributed by atoms with van der Waals surface area (Å²) in [6, 6.07) is 11.7. The number of benzene rings is 2. The van der Waals surface area contributed by atoms with Gasteiger partial charge in [0, 0.05) is 0 Å². The van der Waals surface area contributed by atoms with Crippen molar-refractivity contribution >= 4 is 17.1 Å². The van der Waals surface area contributed by atoms with Gasteiger partial charge in [-0.3, -0.25) is 4.79 Å². The average Bonchev–Trinajstić information content (AvgIpc) is 2.38. The lowest BCUT2D eigenvalue weighted by Gasteiger charge is -2.15. The zero-order chi connectivity index (χ0) is 12.3. The Hall–Kier alpha value is -1.83. The maximum absolute atomic E-state index is 11.2. The Bertz CT molecular complexity index is 531. The maximum Gasteiger partial charge on any atom is 0.154 e. The summed E-state index contributed by atoms with van der Waals surface area (Å²) in [4.78, 5) is 11.2. The van der Waals surface area contributed by atoms with E-state index in [-0.39, 0.29) is 6.10 Å². The van der Waals surface area contributed by atoms with Crippen LogP contribution in [0.25, 0.3) is 10.8 Å². The molecule has 0 unspecified atom stereocenters. The van der Waals surface area contributed by atoms with Crippen molar-refractivity contribution in [2.24, 2.45) is 0 Å². The first-order chi connectivity index (χ1) is 8.26. The lowest BCUT2D eigenvalue weighted by Crippen LogP contribution is -2.11. The van der Waals surface area contributed by atoms with Crippen molar-refractivity contribution in [1.82, 2.24) is 0 Å². The molecule has 2 nitrogen and oxygen atoms in total. The smallest absolute Gasteiger partial charge is 0.154 e. The van der Waals surface area contributed by atoms with Gasteiger partial charge in [0.1, 0.15) is 5.75 Å². The second kappa shape index (κ2) is 5.00. The van der Waals surface area contributed by atoms with Crippen LogP contribution in [0.3, 0.4) is 0 Å². The Labute approximate surface area is 101 Å². The third-order valence-corrected chi connectivity index (χ3v) is 2.95. The molecule has 0 heterocycles. The van der Waals surface area contributed by atoms with Gasteiger partial charge in [-0.25, -0.2) is 0 Å². The Balaban J connectivity index is 2.53. The standard InChI is InChI=1S/C15H16O2/c1-3-11(2)17-15-9-8-12-6-4-5-7-13(12)14(15)10-16/h4-11H,3H2,1-2H3/t11-/m1/s1. The van der Waals surface area contributed by atoms with Gasteiger partial charge in [0.05, 0.1) is 11.7 Å². The van der Waals surface area contributed by atoms with Crippen LogP contribution in [-0.4, -0.2) is 12.4 Å². The molecule has 0 radical (unpaired) electrons. The molecule has 0 aromatic heterocycles. The Morgan fingerprint density at radius 1 is 1.24 bits per heavy atom. The van der Waals surface area contributed by atoms with Gasteiger partial charge < -0.3 is 4.74 Å². The van der Waals surface area contributed by atoms with Gasteiger partial charge in [-0.05, 0) is 30.2 Å². The van der Waals surface area contributed by atoms with Crippen LogP contribution < -0.4 is 4.74 Å². The molecule has 0 saturated heterocycles. The molecule has 88 valence electrons. The molecule has 2 aromatic carbocycles. The van der Waals surface area contributed by atoms with Gasteiger partial charge in [-0.15, -0.1) is 0 Å². The molecule has 2 heteroatoms. The fourth-order valence-electron chi connectivity index (χ4n) is 1.80. The van der Waals surface area contributed by atoms with E-state index in [1.54, 1.807) is 0 Å². The van der Waals surface area contributed by atoms with Gasteiger partial charge in [-0.1, -0.05) is 37.3 Å². The summed E-state index contributed by atoms with van der Waals surface area (Å²) in [6.45, 7) is 4.07. The minimum absolute atomic E-state index is 0.120. The molecule has 0 aliphatic carbocycles. The second-order valence-electron chi connectivity index (χ2n) is 4.15. The minimum atomic E-state index is 0.120. The SMILES string of the molecule is CC[C@@H](C)Oc1ccc2ccccc2c1C=O. The largest absolute Gasteiger partial charge is 0.490 e. The van der Waals surface area contributed by atoms with E-state index >= 15 is 0 Å². The lowest BCUT2D eigenvalue weighted by atomic mass is 10.0. The molecule has 0 fully saturated rings. The molecule has 0 amide bonds. The molecule has 0 bridgehead atoms. The lowest BCUT2D eigenvalue weighted by molar-refractivity contribution is 0.111. The number of hydrogen-bond acceptors (Lipinski definition) is 2. The molecule has 0 saturated carbocycles. The van der Waals surface area contributed by atoms with E-state index in [4.69, 9.17) is 4.74 Å². The summed E-state index contributed by atoms with van der Waals surface area (Å²) in [5.74, 6) is 0.674. The van der Waals surface area contributed by atoms with Gasteiger partial charge in [0.2, 0.25) is 0 Å². The quantitative estimate of drug-likeness (QED) is 0.743.